The Hall–Kier alpha value is -2.71. The van der Waals surface area contributed by atoms with E-state index in [2.05, 4.69) is 15.4 Å². The number of carbonyl (C=O) groups is 1. The number of nitrogens with one attached hydrogen (secondary N) is 1. The molecule has 0 fully saturated rings. The third kappa shape index (κ3) is 3.70. The molecule has 1 aromatic carbocycles. The average molecular weight is 377 g/mol. The Bertz CT molecular complexity index is 1030. The zero-order valence-electron chi connectivity index (χ0n) is 13.0. The molecule has 25 heavy (non-hydrogen) atoms. The number of benzene rings is 1. The minimum atomic E-state index is -3.54. The first-order valence-electron chi connectivity index (χ1n) is 7.12. The minimum absolute atomic E-state index is 0.0673. The maximum absolute atomic E-state index is 12.5. The highest BCUT2D eigenvalue weighted by Crippen LogP contribution is 2.24. The van der Waals surface area contributed by atoms with E-state index in [1.807, 2.05) is 0 Å². The fourth-order valence-corrected chi connectivity index (χ4v) is 3.50. The fraction of sp³-hybridized carbons (Fsp3) is 0.0625. The van der Waals surface area contributed by atoms with Gasteiger partial charge < -0.3 is 5.32 Å². The van der Waals surface area contributed by atoms with E-state index in [-0.39, 0.29) is 15.5 Å². The van der Waals surface area contributed by atoms with Gasteiger partial charge in [0.1, 0.15) is 0 Å². The van der Waals surface area contributed by atoms with Crippen molar-refractivity contribution in [3.8, 4) is 5.82 Å². The molecule has 3 aromatic rings. The van der Waals surface area contributed by atoms with Gasteiger partial charge in [-0.2, -0.15) is 5.10 Å². The lowest BCUT2D eigenvalue weighted by atomic mass is 10.2. The van der Waals surface area contributed by atoms with Crippen molar-refractivity contribution in [2.75, 3.05) is 11.6 Å². The third-order valence-corrected chi connectivity index (χ3v) is 4.93. The van der Waals surface area contributed by atoms with Crippen LogP contribution in [0, 0.1) is 0 Å². The van der Waals surface area contributed by atoms with E-state index in [4.69, 9.17) is 11.6 Å². The normalized spacial score (nSPS) is 11.3. The number of aromatic nitrogens is 3. The molecule has 1 N–H and O–H groups in total. The van der Waals surface area contributed by atoms with Crippen molar-refractivity contribution in [1.29, 1.82) is 0 Å². The summed E-state index contributed by atoms with van der Waals surface area (Å²) in [6.45, 7) is 0. The summed E-state index contributed by atoms with van der Waals surface area (Å²) in [7, 11) is -3.54. The van der Waals surface area contributed by atoms with Crippen LogP contribution in [-0.4, -0.2) is 35.3 Å². The summed E-state index contributed by atoms with van der Waals surface area (Å²) in [5, 5.41) is 6.87. The smallest absolute Gasteiger partial charge is 0.255 e. The predicted molar refractivity (Wildman–Crippen MR) is 93.9 cm³/mol. The van der Waals surface area contributed by atoms with Gasteiger partial charge in [-0.25, -0.2) is 18.1 Å². The van der Waals surface area contributed by atoms with Gasteiger partial charge in [-0.3, -0.25) is 4.79 Å². The summed E-state index contributed by atoms with van der Waals surface area (Å²) < 4.78 is 25.0. The molecule has 0 saturated heterocycles. The number of pyridine rings is 1. The van der Waals surface area contributed by atoms with E-state index in [9.17, 15) is 13.2 Å². The Kier molecular flexibility index (Phi) is 4.56. The first kappa shape index (κ1) is 17.1. The SMILES string of the molecule is CS(=O)(=O)c1cc(C(=O)Nc2cccnc2-n2cccn2)ccc1Cl. The molecular formula is C16H13ClN4O3S. The van der Waals surface area contributed by atoms with Crippen molar-refractivity contribution in [2.24, 2.45) is 0 Å². The predicted octanol–water partition coefficient (Wildman–Crippen LogP) is 2.58. The van der Waals surface area contributed by atoms with E-state index >= 15 is 0 Å². The summed E-state index contributed by atoms with van der Waals surface area (Å²) in [6.07, 6.45) is 5.91. The van der Waals surface area contributed by atoms with Crippen LogP contribution in [0.1, 0.15) is 10.4 Å². The molecule has 9 heteroatoms. The van der Waals surface area contributed by atoms with Gasteiger partial charge in [-0.1, -0.05) is 11.6 Å². The Morgan fingerprint density at radius 3 is 2.68 bits per heavy atom. The van der Waals surface area contributed by atoms with E-state index in [0.29, 0.717) is 11.5 Å². The standard InChI is InChI=1S/C16H13ClN4O3S/c1-25(23,24)14-10-11(5-6-12(14)17)16(22)20-13-4-2-7-18-15(13)21-9-3-8-19-21/h2-10H,1H3,(H,20,22). The second-order valence-electron chi connectivity index (χ2n) is 5.20. The van der Waals surface area contributed by atoms with Crippen LogP contribution in [-0.2, 0) is 9.84 Å². The van der Waals surface area contributed by atoms with Gasteiger partial charge in [0.25, 0.3) is 5.91 Å². The van der Waals surface area contributed by atoms with Gasteiger partial charge in [0, 0.05) is 30.4 Å². The maximum Gasteiger partial charge on any atom is 0.255 e. The number of anilines is 1. The zero-order valence-corrected chi connectivity index (χ0v) is 14.6. The summed E-state index contributed by atoms with van der Waals surface area (Å²) in [5.74, 6) is -0.0406. The van der Waals surface area contributed by atoms with Crippen molar-refractivity contribution in [1.82, 2.24) is 14.8 Å². The lowest BCUT2D eigenvalue weighted by Gasteiger charge is -2.11. The molecule has 0 bridgehead atoms. The minimum Gasteiger partial charge on any atom is -0.319 e. The number of amides is 1. The Labute approximate surface area is 149 Å². The molecule has 0 aliphatic rings. The van der Waals surface area contributed by atoms with Crippen LogP contribution in [0.4, 0.5) is 5.69 Å². The van der Waals surface area contributed by atoms with Crippen molar-refractivity contribution in [3.63, 3.8) is 0 Å². The average Bonchev–Trinajstić information content (AvgIpc) is 3.09. The largest absolute Gasteiger partial charge is 0.319 e. The topological polar surface area (TPSA) is 94.0 Å². The number of nitrogens with zero attached hydrogens (tertiary/aromatic N) is 3. The van der Waals surface area contributed by atoms with Crippen LogP contribution in [0.3, 0.4) is 0 Å². The highest BCUT2D eigenvalue weighted by molar-refractivity contribution is 7.90. The van der Waals surface area contributed by atoms with Crippen LogP contribution >= 0.6 is 11.6 Å². The second kappa shape index (κ2) is 6.66. The molecule has 1 amide bonds. The van der Waals surface area contributed by atoms with Crippen molar-refractivity contribution in [3.05, 3.63) is 65.6 Å². The summed E-state index contributed by atoms with van der Waals surface area (Å²) in [6, 6.07) is 9.16. The molecule has 0 atom stereocenters. The Morgan fingerprint density at radius 2 is 2.00 bits per heavy atom. The summed E-state index contributed by atoms with van der Waals surface area (Å²) >= 11 is 5.91. The summed E-state index contributed by atoms with van der Waals surface area (Å²) in [5.41, 5.74) is 0.604. The molecule has 0 radical (unpaired) electrons. The number of halogens is 1. The Morgan fingerprint density at radius 1 is 1.20 bits per heavy atom. The number of carbonyl (C=O) groups excluding carboxylic acids is 1. The highest BCUT2D eigenvalue weighted by atomic mass is 35.5. The second-order valence-corrected chi connectivity index (χ2v) is 7.59. The number of sulfone groups is 1. The highest BCUT2D eigenvalue weighted by Gasteiger charge is 2.17. The molecule has 0 spiro atoms. The van der Waals surface area contributed by atoms with E-state index in [1.165, 1.54) is 22.9 Å². The molecule has 7 nitrogen and oxygen atoms in total. The van der Waals surface area contributed by atoms with Crippen LogP contribution in [0.25, 0.3) is 5.82 Å². The summed E-state index contributed by atoms with van der Waals surface area (Å²) in [4.78, 5) is 16.6. The number of hydrogen-bond donors (Lipinski definition) is 1. The van der Waals surface area contributed by atoms with E-state index in [1.54, 1.807) is 36.8 Å². The molecule has 0 unspecified atom stereocenters. The van der Waals surface area contributed by atoms with E-state index in [0.717, 1.165) is 6.26 Å². The van der Waals surface area contributed by atoms with Gasteiger partial charge in [-0.05, 0) is 36.4 Å². The number of rotatable bonds is 4. The van der Waals surface area contributed by atoms with Gasteiger partial charge in [0.05, 0.1) is 15.6 Å². The third-order valence-electron chi connectivity index (χ3n) is 3.35. The van der Waals surface area contributed by atoms with Gasteiger partial charge in [0.15, 0.2) is 15.7 Å². The van der Waals surface area contributed by atoms with E-state index < -0.39 is 15.7 Å². The molecule has 2 aromatic heterocycles. The van der Waals surface area contributed by atoms with Gasteiger partial charge in [0.2, 0.25) is 0 Å². The zero-order chi connectivity index (χ0) is 18.0. The lowest BCUT2D eigenvalue weighted by molar-refractivity contribution is 0.102. The fourth-order valence-electron chi connectivity index (χ4n) is 2.19. The van der Waals surface area contributed by atoms with Crippen LogP contribution in [0.15, 0.2) is 59.9 Å². The van der Waals surface area contributed by atoms with Gasteiger partial charge >= 0.3 is 0 Å². The quantitative estimate of drug-likeness (QED) is 0.755. The molecule has 128 valence electrons. The first-order chi connectivity index (χ1) is 11.9. The molecule has 0 aliphatic heterocycles. The van der Waals surface area contributed by atoms with Crippen molar-refractivity contribution in [2.45, 2.75) is 4.90 Å². The maximum atomic E-state index is 12.5. The monoisotopic (exact) mass is 376 g/mol. The van der Waals surface area contributed by atoms with Gasteiger partial charge in [-0.15, -0.1) is 0 Å². The number of hydrogen-bond acceptors (Lipinski definition) is 5. The first-order valence-corrected chi connectivity index (χ1v) is 9.39. The molecular weight excluding hydrogens is 364 g/mol. The van der Waals surface area contributed by atoms with Crippen LogP contribution in [0.5, 0.6) is 0 Å². The van der Waals surface area contributed by atoms with Crippen LogP contribution in [0.2, 0.25) is 5.02 Å². The Balaban J connectivity index is 1.95. The molecule has 2 heterocycles. The molecule has 0 aliphatic carbocycles. The van der Waals surface area contributed by atoms with Crippen molar-refractivity contribution < 1.29 is 13.2 Å². The molecule has 0 saturated carbocycles. The van der Waals surface area contributed by atoms with Crippen molar-refractivity contribution >= 4 is 33.0 Å². The molecule has 3 rings (SSSR count). The van der Waals surface area contributed by atoms with Crippen LogP contribution < -0.4 is 5.32 Å². The lowest BCUT2D eigenvalue weighted by Crippen LogP contribution is -2.15.